The molecule has 4 heteroatoms. The molecule has 0 spiro atoms. The minimum atomic E-state index is -0.352. The third-order valence-corrected chi connectivity index (χ3v) is 2.32. The number of Topliss-reactive ketones (excluding diaryl/α,β-unsaturated/α-hetero) is 1. The number of ether oxygens (including phenoxy) is 3. The third-order valence-electron chi connectivity index (χ3n) is 2.32. The fourth-order valence-corrected chi connectivity index (χ4v) is 1.48. The predicted octanol–water partition coefficient (Wildman–Crippen LogP) is 1.03. The van der Waals surface area contributed by atoms with E-state index in [-0.39, 0.29) is 18.0 Å². The molecule has 0 radical (unpaired) electrons. The van der Waals surface area contributed by atoms with Crippen molar-refractivity contribution in [3.05, 3.63) is 0 Å². The lowest BCUT2D eigenvalue weighted by Crippen LogP contribution is -2.50. The summed E-state index contributed by atoms with van der Waals surface area (Å²) in [6.07, 6.45) is 0.0585. The number of hydrogen-bond acceptors (Lipinski definition) is 4. The molecule has 4 nitrogen and oxygen atoms in total. The van der Waals surface area contributed by atoms with Gasteiger partial charge < -0.3 is 14.2 Å². The minimum Gasteiger partial charge on any atom is -0.379 e. The summed E-state index contributed by atoms with van der Waals surface area (Å²) >= 11 is 0. The lowest BCUT2D eigenvalue weighted by atomic mass is 9.90. The average Bonchev–Trinajstić information content (AvgIpc) is 2.15. The van der Waals surface area contributed by atoms with E-state index in [1.165, 1.54) is 7.11 Å². The van der Waals surface area contributed by atoms with Gasteiger partial charge in [0.25, 0.3) is 0 Å². The van der Waals surface area contributed by atoms with E-state index in [9.17, 15) is 4.79 Å². The molecular weight excluding hydrogens is 196 g/mol. The largest absolute Gasteiger partial charge is 0.379 e. The van der Waals surface area contributed by atoms with Crippen LogP contribution in [0.5, 0.6) is 0 Å². The highest BCUT2D eigenvalue weighted by Gasteiger charge is 2.40. The van der Waals surface area contributed by atoms with Crippen LogP contribution in [0.3, 0.4) is 0 Å². The number of carbonyl (C=O) groups is 1. The van der Waals surface area contributed by atoms with Gasteiger partial charge >= 0.3 is 0 Å². The molecule has 0 bridgehead atoms. The lowest BCUT2D eigenvalue weighted by molar-refractivity contribution is -0.163. The zero-order chi connectivity index (χ0) is 11.3. The molecular formula is C11H20O4. The van der Waals surface area contributed by atoms with Gasteiger partial charge in [-0.25, -0.2) is 0 Å². The van der Waals surface area contributed by atoms with Crippen LogP contribution in [0.4, 0.5) is 0 Å². The highest BCUT2D eigenvalue weighted by molar-refractivity contribution is 5.90. The molecule has 2 atom stereocenters. The van der Waals surface area contributed by atoms with E-state index < -0.39 is 0 Å². The van der Waals surface area contributed by atoms with Crippen molar-refractivity contribution in [2.24, 2.45) is 5.92 Å². The second kappa shape index (κ2) is 6.20. The molecule has 0 saturated heterocycles. The molecule has 0 aromatic heterocycles. The van der Waals surface area contributed by atoms with Gasteiger partial charge in [0.05, 0.1) is 19.3 Å². The van der Waals surface area contributed by atoms with Gasteiger partial charge in [0, 0.05) is 20.1 Å². The topological polar surface area (TPSA) is 44.8 Å². The maximum absolute atomic E-state index is 11.0. The van der Waals surface area contributed by atoms with Gasteiger partial charge in [0.15, 0.2) is 5.78 Å². The second-order valence-electron chi connectivity index (χ2n) is 4.20. The Balaban J connectivity index is 1.99. The summed E-state index contributed by atoms with van der Waals surface area (Å²) in [5.41, 5.74) is 0. The quantitative estimate of drug-likeness (QED) is 0.596. The molecule has 1 aliphatic rings. The number of methoxy groups -OCH3 is 1. The summed E-state index contributed by atoms with van der Waals surface area (Å²) in [6.45, 7) is 6.07. The molecule has 0 N–H and O–H groups in total. The standard InChI is InChI=1S/C11H20O4/c1-8(2)7-14-4-5-15-10-6-9(12)11(10)13-3/h8,10-11H,4-7H2,1-3H3. The average molecular weight is 216 g/mol. The van der Waals surface area contributed by atoms with Crippen molar-refractivity contribution in [2.75, 3.05) is 26.9 Å². The molecule has 0 aliphatic heterocycles. The Bertz CT molecular complexity index is 203. The van der Waals surface area contributed by atoms with Crippen molar-refractivity contribution in [3.8, 4) is 0 Å². The Morgan fingerprint density at radius 3 is 2.67 bits per heavy atom. The van der Waals surface area contributed by atoms with Gasteiger partial charge in [-0.15, -0.1) is 0 Å². The first-order chi connectivity index (χ1) is 7.15. The fourth-order valence-electron chi connectivity index (χ4n) is 1.48. The molecule has 1 aliphatic carbocycles. The van der Waals surface area contributed by atoms with Crippen LogP contribution in [-0.2, 0) is 19.0 Å². The summed E-state index contributed by atoms with van der Waals surface area (Å²) in [7, 11) is 1.54. The van der Waals surface area contributed by atoms with E-state index in [2.05, 4.69) is 13.8 Å². The van der Waals surface area contributed by atoms with E-state index in [4.69, 9.17) is 14.2 Å². The molecule has 1 rings (SSSR count). The Morgan fingerprint density at radius 1 is 1.40 bits per heavy atom. The molecule has 0 aromatic rings. The van der Waals surface area contributed by atoms with E-state index in [0.29, 0.717) is 25.6 Å². The van der Waals surface area contributed by atoms with Crippen molar-refractivity contribution in [3.63, 3.8) is 0 Å². The van der Waals surface area contributed by atoms with Gasteiger partial charge in [-0.05, 0) is 5.92 Å². The van der Waals surface area contributed by atoms with Crippen LogP contribution in [0.2, 0.25) is 0 Å². The van der Waals surface area contributed by atoms with Crippen LogP contribution in [0.1, 0.15) is 20.3 Å². The molecule has 1 saturated carbocycles. The van der Waals surface area contributed by atoms with Gasteiger partial charge in [-0.1, -0.05) is 13.8 Å². The van der Waals surface area contributed by atoms with Gasteiger partial charge in [0.2, 0.25) is 0 Å². The fraction of sp³-hybridized carbons (Fsp3) is 0.909. The number of hydrogen-bond donors (Lipinski definition) is 0. The Hall–Kier alpha value is -0.450. The molecule has 15 heavy (non-hydrogen) atoms. The van der Waals surface area contributed by atoms with E-state index in [0.717, 1.165) is 6.61 Å². The molecule has 0 amide bonds. The third kappa shape index (κ3) is 3.89. The molecule has 88 valence electrons. The second-order valence-corrected chi connectivity index (χ2v) is 4.20. The molecule has 0 heterocycles. The van der Waals surface area contributed by atoms with Crippen LogP contribution < -0.4 is 0 Å². The monoisotopic (exact) mass is 216 g/mol. The first-order valence-corrected chi connectivity index (χ1v) is 5.40. The first-order valence-electron chi connectivity index (χ1n) is 5.40. The minimum absolute atomic E-state index is 0.0647. The molecule has 1 fully saturated rings. The normalized spacial score (nSPS) is 25.7. The van der Waals surface area contributed by atoms with Gasteiger partial charge in [-0.3, -0.25) is 4.79 Å². The first kappa shape index (κ1) is 12.6. The Kier molecular flexibility index (Phi) is 5.22. The molecule has 2 unspecified atom stereocenters. The van der Waals surface area contributed by atoms with E-state index >= 15 is 0 Å². The Morgan fingerprint density at radius 2 is 2.13 bits per heavy atom. The van der Waals surface area contributed by atoms with Crippen molar-refractivity contribution in [1.82, 2.24) is 0 Å². The highest BCUT2D eigenvalue weighted by Crippen LogP contribution is 2.21. The zero-order valence-corrected chi connectivity index (χ0v) is 9.69. The lowest BCUT2D eigenvalue weighted by Gasteiger charge is -2.33. The van der Waals surface area contributed by atoms with Gasteiger partial charge in [0.1, 0.15) is 6.10 Å². The highest BCUT2D eigenvalue weighted by atomic mass is 16.6. The summed E-state index contributed by atoms with van der Waals surface area (Å²) in [4.78, 5) is 11.0. The van der Waals surface area contributed by atoms with Crippen LogP contribution in [-0.4, -0.2) is 44.9 Å². The summed E-state index contributed by atoms with van der Waals surface area (Å²) in [6, 6.07) is 0. The van der Waals surface area contributed by atoms with Crippen LogP contribution >= 0.6 is 0 Å². The smallest absolute Gasteiger partial charge is 0.166 e. The van der Waals surface area contributed by atoms with Crippen LogP contribution in [0, 0.1) is 5.92 Å². The predicted molar refractivity (Wildman–Crippen MR) is 55.8 cm³/mol. The van der Waals surface area contributed by atoms with Crippen LogP contribution in [0.15, 0.2) is 0 Å². The summed E-state index contributed by atoms with van der Waals surface area (Å²) in [5, 5.41) is 0. The maximum Gasteiger partial charge on any atom is 0.166 e. The van der Waals surface area contributed by atoms with Crippen molar-refractivity contribution in [1.29, 1.82) is 0 Å². The maximum atomic E-state index is 11.0. The van der Waals surface area contributed by atoms with Gasteiger partial charge in [-0.2, -0.15) is 0 Å². The Labute approximate surface area is 90.9 Å². The number of ketones is 1. The van der Waals surface area contributed by atoms with Crippen molar-refractivity contribution >= 4 is 5.78 Å². The zero-order valence-electron chi connectivity index (χ0n) is 9.69. The number of carbonyl (C=O) groups excluding carboxylic acids is 1. The molecule has 0 aromatic carbocycles. The van der Waals surface area contributed by atoms with Crippen molar-refractivity contribution in [2.45, 2.75) is 32.5 Å². The van der Waals surface area contributed by atoms with E-state index in [1.54, 1.807) is 0 Å². The SMILES string of the molecule is COC1C(=O)CC1OCCOCC(C)C. The van der Waals surface area contributed by atoms with Crippen molar-refractivity contribution < 1.29 is 19.0 Å². The van der Waals surface area contributed by atoms with E-state index in [1.807, 2.05) is 0 Å². The summed E-state index contributed by atoms with van der Waals surface area (Å²) in [5.74, 6) is 0.674. The van der Waals surface area contributed by atoms with Crippen LogP contribution in [0.25, 0.3) is 0 Å². The summed E-state index contributed by atoms with van der Waals surface area (Å²) < 4.78 is 15.8. The number of rotatable bonds is 7.